The molecular weight excluding hydrogens is 242 g/mol. The summed E-state index contributed by atoms with van der Waals surface area (Å²) < 4.78 is 10.8. The fraction of sp³-hybridized carbons (Fsp3) is 0.357. The number of aryl methyl sites for hydroxylation is 2. The van der Waals surface area contributed by atoms with E-state index in [1.165, 1.54) is 0 Å². The maximum Gasteiger partial charge on any atom is 0.231 e. The summed E-state index contributed by atoms with van der Waals surface area (Å²) in [6.07, 6.45) is 0. The zero-order valence-corrected chi connectivity index (χ0v) is 11.3. The number of nitrogens with one attached hydrogen (secondary N) is 2. The Kier molecular flexibility index (Phi) is 2.91. The first-order valence-electron chi connectivity index (χ1n) is 6.29. The summed E-state index contributed by atoms with van der Waals surface area (Å²) in [7, 11) is 1.91. The Balaban J connectivity index is 2.06. The van der Waals surface area contributed by atoms with Crippen molar-refractivity contribution in [3.63, 3.8) is 0 Å². The van der Waals surface area contributed by atoms with Crippen LogP contribution in [0.3, 0.4) is 0 Å². The van der Waals surface area contributed by atoms with E-state index in [9.17, 15) is 0 Å². The molecule has 2 N–H and O–H groups in total. The van der Waals surface area contributed by atoms with E-state index in [0.717, 1.165) is 46.4 Å². The lowest BCUT2D eigenvalue weighted by molar-refractivity contribution is 0.174. The van der Waals surface area contributed by atoms with Crippen molar-refractivity contribution in [2.45, 2.75) is 20.4 Å². The first-order valence-corrected chi connectivity index (χ1v) is 6.29. The summed E-state index contributed by atoms with van der Waals surface area (Å²) in [6.45, 7) is 5.11. The maximum atomic E-state index is 5.44. The number of rotatable bonds is 3. The zero-order chi connectivity index (χ0) is 13.4. The first kappa shape index (κ1) is 12.0. The predicted octanol–water partition coefficient (Wildman–Crippen LogP) is 2.14. The van der Waals surface area contributed by atoms with Gasteiger partial charge in [-0.25, -0.2) is 4.98 Å². The number of imidazole rings is 1. The molecule has 0 atom stereocenters. The third kappa shape index (κ3) is 2.06. The molecule has 0 amide bonds. The standard InChI is InChI=1S/C14H17N3O2/c1-8-4-11-12(19-7-18-11)5-10(8)14-9(2)16-13(17-14)6-15-3/h4-5,15H,6-7H2,1-3H3,(H,16,17). The number of aromatic amines is 1. The van der Waals surface area contributed by atoms with Crippen molar-refractivity contribution in [3.05, 3.63) is 29.2 Å². The quantitative estimate of drug-likeness (QED) is 0.886. The van der Waals surface area contributed by atoms with Gasteiger partial charge in [0.15, 0.2) is 11.5 Å². The fourth-order valence-electron chi connectivity index (χ4n) is 2.33. The van der Waals surface area contributed by atoms with Crippen molar-refractivity contribution in [2.24, 2.45) is 0 Å². The molecule has 100 valence electrons. The largest absolute Gasteiger partial charge is 0.454 e. The number of fused-ring (bicyclic) bond motifs is 1. The van der Waals surface area contributed by atoms with Crippen LogP contribution in [0, 0.1) is 13.8 Å². The van der Waals surface area contributed by atoms with Crippen LogP contribution in [0.5, 0.6) is 11.5 Å². The van der Waals surface area contributed by atoms with Crippen LogP contribution in [0.1, 0.15) is 17.1 Å². The second-order valence-corrected chi connectivity index (χ2v) is 4.71. The van der Waals surface area contributed by atoms with Crippen LogP contribution >= 0.6 is 0 Å². The molecule has 1 aromatic heterocycles. The number of ether oxygens (including phenoxy) is 2. The van der Waals surface area contributed by atoms with Gasteiger partial charge in [-0.2, -0.15) is 0 Å². The summed E-state index contributed by atoms with van der Waals surface area (Å²) in [5, 5.41) is 3.09. The lowest BCUT2D eigenvalue weighted by atomic mass is 10.0. The van der Waals surface area contributed by atoms with Crippen molar-refractivity contribution in [1.82, 2.24) is 15.3 Å². The topological polar surface area (TPSA) is 59.2 Å². The number of hydrogen-bond donors (Lipinski definition) is 2. The number of aromatic nitrogens is 2. The third-order valence-electron chi connectivity index (χ3n) is 3.25. The second kappa shape index (κ2) is 4.59. The minimum absolute atomic E-state index is 0.294. The Labute approximate surface area is 112 Å². The van der Waals surface area contributed by atoms with Gasteiger partial charge in [-0.05, 0) is 38.6 Å². The van der Waals surface area contributed by atoms with Gasteiger partial charge in [0.2, 0.25) is 6.79 Å². The smallest absolute Gasteiger partial charge is 0.231 e. The van der Waals surface area contributed by atoms with Crippen LogP contribution in [-0.4, -0.2) is 23.8 Å². The van der Waals surface area contributed by atoms with Gasteiger partial charge in [-0.3, -0.25) is 0 Å². The van der Waals surface area contributed by atoms with E-state index in [-0.39, 0.29) is 0 Å². The van der Waals surface area contributed by atoms with E-state index < -0.39 is 0 Å². The average Bonchev–Trinajstić information content (AvgIpc) is 2.95. The van der Waals surface area contributed by atoms with Crippen LogP contribution in [0.4, 0.5) is 0 Å². The van der Waals surface area contributed by atoms with Crippen molar-refractivity contribution in [3.8, 4) is 22.8 Å². The number of nitrogens with zero attached hydrogens (tertiary/aromatic N) is 1. The van der Waals surface area contributed by atoms with Crippen LogP contribution in [0.2, 0.25) is 0 Å². The van der Waals surface area contributed by atoms with Gasteiger partial charge in [0, 0.05) is 11.3 Å². The molecule has 5 heteroatoms. The molecular formula is C14H17N3O2. The third-order valence-corrected chi connectivity index (χ3v) is 3.25. The minimum atomic E-state index is 0.294. The number of benzene rings is 1. The highest BCUT2D eigenvalue weighted by Crippen LogP contribution is 2.38. The van der Waals surface area contributed by atoms with E-state index in [0.29, 0.717) is 6.79 Å². The van der Waals surface area contributed by atoms with Gasteiger partial charge in [0.05, 0.1) is 12.2 Å². The van der Waals surface area contributed by atoms with E-state index in [1.807, 2.05) is 26.1 Å². The molecule has 2 aromatic rings. The summed E-state index contributed by atoms with van der Waals surface area (Å²) in [4.78, 5) is 7.93. The van der Waals surface area contributed by atoms with Crippen molar-refractivity contribution < 1.29 is 9.47 Å². The molecule has 0 unspecified atom stereocenters. The molecule has 1 aliphatic heterocycles. The highest BCUT2D eigenvalue weighted by Gasteiger charge is 2.19. The van der Waals surface area contributed by atoms with Gasteiger partial charge in [-0.1, -0.05) is 0 Å². The molecule has 0 saturated carbocycles. The molecule has 3 rings (SSSR count). The summed E-state index contributed by atoms with van der Waals surface area (Å²) in [6, 6.07) is 4.01. The fourth-order valence-corrected chi connectivity index (χ4v) is 2.33. The summed E-state index contributed by atoms with van der Waals surface area (Å²) >= 11 is 0. The number of H-pyrrole nitrogens is 1. The SMILES string of the molecule is CNCc1nc(-c2cc3c(cc2C)OCO3)c(C)[nH]1. The second-order valence-electron chi connectivity index (χ2n) is 4.71. The normalized spacial score (nSPS) is 13.0. The Bertz CT molecular complexity index is 619. The Morgan fingerprint density at radius 1 is 1.26 bits per heavy atom. The molecule has 0 spiro atoms. The molecule has 19 heavy (non-hydrogen) atoms. The summed E-state index contributed by atoms with van der Waals surface area (Å²) in [5.41, 5.74) is 4.25. The van der Waals surface area contributed by atoms with E-state index >= 15 is 0 Å². The molecule has 0 fully saturated rings. The molecule has 0 saturated heterocycles. The zero-order valence-electron chi connectivity index (χ0n) is 11.3. The maximum absolute atomic E-state index is 5.44. The van der Waals surface area contributed by atoms with Crippen molar-refractivity contribution in [1.29, 1.82) is 0 Å². The monoisotopic (exact) mass is 259 g/mol. The van der Waals surface area contributed by atoms with Gasteiger partial charge in [-0.15, -0.1) is 0 Å². The molecule has 0 aliphatic carbocycles. The Morgan fingerprint density at radius 3 is 2.74 bits per heavy atom. The lowest BCUT2D eigenvalue weighted by Gasteiger charge is -2.06. The van der Waals surface area contributed by atoms with Gasteiger partial charge in [0.1, 0.15) is 5.82 Å². The highest BCUT2D eigenvalue weighted by molar-refractivity contribution is 5.70. The van der Waals surface area contributed by atoms with Crippen LogP contribution in [0.15, 0.2) is 12.1 Å². The molecule has 1 aliphatic rings. The van der Waals surface area contributed by atoms with E-state index in [4.69, 9.17) is 9.47 Å². The van der Waals surface area contributed by atoms with Crippen molar-refractivity contribution in [2.75, 3.05) is 13.8 Å². The van der Waals surface area contributed by atoms with Crippen LogP contribution in [-0.2, 0) is 6.54 Å². The van der Waals surface area contributed by atoms with E-state index in [1.54, 1.807) is 0 Å². The minimum Gasteiger partial charge on any atom is -0.454 e. The Hall–Kier alpha value is -2.01. The van der Waals surface area contributed by atoms with Crippen LogP contribution in [0.25, 0.3) is 11.3 Å². The molecule has 2 heterocycles. The molecule has 5 nitrogen and oxygen atoms in total. The lowest BCUT2D eigenvalue weighted by Crippen LogP contribution is -2.06. The Morgan fingerprint density at radius 2 is 2.00 bits per heavy atom. The van der Waals surface area contributed by atoms with Crippen LogP contribution < -0.4 is 14.8 Å². The van der Waals surface area contributed by atoms with Crippen molar-refractivity contribution >= 4 is 0 Å². The molecule has 1 aromatic carbocycles. The number of hydrogen-bond acceptors (Lipinski definition) is 4. The molecule has 0 bridgehead atoms. The van der Waals surface area contributed by atoms with Gasteiger partial charge in [0.25, 0.3) is 0 Å². The van der Waals surface area contributed by atoms with Gasteiger partial charge >= 0.3 is 0 Å². The first-order chi connectivity index (χ1) is 9.19. The average molecular weight is 259 g/mol. The van der Waals surface area contributed by atoms with E-state index in [2.05, 4.69) is 22.2 Å². The predicted molar refractivity (Wildman–Crippen MR) is 72.4 cm³/mol. The molecule has 0 radical (unpaired) electrons. The summed E-state index contributed by atoms with van der Waals surface area (Å²) in [5.74, 6) is 2.54. The highest BCUT2D eigenvalue weighted by atomic mass is 16.7. The van der Waals surface area contributed by atoms with Gasteiger partial charge < -0.3 is 19.8 Å².